The molecule has 4 heterocycles. The molecule has 5 rings (SSSR count). The van der Waals surface area contributed by atoms with Crippen molar-refractivity contribution in [2.75, 3.05) is 26.4 Å². The van der Waals surface area contributed by atoms with Gasteiger partial charge in [-0.25, -0.2) is 9.78 Å². The highest BCUT2D eigenvalue weighted by Crippen LogP contribution is 2.34. The van der Waals surface area contributed by atoms with Crippen molar-refractivity contribution in [1.82, 2.24) is 19.4 Å². The third-order valence-corrected chi connectivity index (χ3v) is 7.00. The Balaban J connectivity index is 1.40. The molecule has 2 aromatic heterocycles. The Kier molecular flexibility index (Phi) is 7.20. The van der Waals surface area contributed by atoms with Crippen molar-refractivity contribution in [2.24, 2.45) is 5.41 Å². The van der Waals surface area contributed by atoms with Crippen LogP contribution in [0.2, 0.25) is 0 Å². The smallest absolute Gasteiger partial charge is 0.410 e. The predicted molar refractivity (Wildman–Crippen MR) is 138 cm³/mol. The molecular weight excluding hydrogens is 472 g/mol. The molecule has 0 N–H and O–H groups in total. The first-order valence-electron chi connectivity index (χ1n) is 12.9. The van der Waals surface area contributed by atoms with E-state index >= 15 is 0 Å². The maximum absolute atomic E-state index is 12.8. The first-order chi connectivity index (χ1) is 17.8. The van der Waals surface area contributed by atoms with E-state index in [1.54, 1.807) is 11.1 Å². The molecule has 198 valence electrons. The Labute approximate surface area is 217 Å². The van der Waals surface area contributed by atoms with Gasteiger partial charge in [-0.2, -0.15) is 0 Å². The van der Waals surface area contributed by atoms with Crippen LogP contribution in [-0.2, 0) is 51.7 Å². The van der Waals surface area contributed by atoms with Crippen molar-refractivity contribution in [1.29, 1.82) is 0 Å². The van der Waals surface area contributed by atoms with Crippen molar-refractivity contribution in [2.45, 2.75) is 66.2 Å². The zero-order chi connectivity index (χ0) is 26.0. The van der Waals surface area contributed by atoms with Crippen molar-refractivity contribution in [3.8, 4) is 0 Å². The van der Waals surface area contributed by atoms with Crippen molar-refractivity contribution < 1.29 is 23.7 Å². The molecule has 37 heavy (non-hydrogen) atoms. The van der Waals surface area contributed by atoms with Crippen molar-refractivity contribution in [3.63, 3.8) is 0 Å². The number of aromatic nitrogens is 3. The van der Waals surface area contributed by atoms with Crippen LogP contribution >= 0.6 is 0 Å². The van der Waals surface area contributed by atoms with Gasteiger partial charge >= 0.3 is 6.09 Å². The van der Waals surface area contributed by atoms with E-state index in [0.29, 0.717) is 52.5 Å². The molecule has 0 saturated carbocycles. The quantitative estimate of drug-likeness (QED) is 0.466. The second-order valence-electron chi connectivity index (χ2n) is 10.7. The van der Waals surface area contributed by atoms with E-state index < -0.39 is 5.79 Å². The number of nitrogens with zero attached hydrogens (tertiary/aromatic N) is 4. The highest BCUT2D eigenvalue weighted by molar-refractivity contribution is 5.80. The monoisotopic (exact) mass is 508 g/mol. The summed E-state index contributed by atoms with van der Waals surface area (Å²) in [6, 6.07) is 9.71. The number of pyridine rings is 1. The molecule has 2 aliphatic rings. The lowest BCUT2D eigenvalue weighted by molar-refractivity contribution is -0.284. The topological polar surface area (TPSA) is 87.9 Å². The molecule has 0 unspecified atom stereocenters. The van der Waals surface area contributed by atoms with Gasteiger partial charge in [-0.05, 0) is 32.8 Å². The molecule has 0 atom stereocenters. The van der Waals surface area contributed by atoms with Crippen LogP contribution in [0.3, 0.4) is 0 Å². The lowest BCUT2D eigenvalue weighted by atomic mass is 9.91. The van der Waals surface area contributed by atoms with Gasteiger partial charge in [-0.3, -0.25) is 4.98 Å². The van der Waals surface area contributed by atoms with Gasteiger partial charge in [-0.15, -0.1) is 0 Å². The van der Waals surface area contributed by atoms with Gasteiger partial charge in [0.05, 0.1) is 37.2 Å². The van der Waals surface area contributed by atoms with Crippen LogP contribution in [0.1, 0.15) is 50.3 Å². The van der Waals surface area contributed by atoms with Gasteiger partial charge in [0, 0.05) is 30.7 Å². The average Bonchev–Trinajstić information content (AvgIpc) is 3.25. The zero-order valence-corrected chi connectivity index (χ0v) is 22.2. The van der Waals surface area contributed by atoms with Gasteiger partial charge in [-0.1, -0.05) is 37.3 Å². The molecule has 0 bridgehead atoms. The third-order valence-electron chi connectivity index (χ3n) is 7.00. The minimum absolute atomic E-state index is 0.220. The van der Waals surface area contributed by atoms with Crippen molar-refractivity contribution in [3.05, 3.63) is 59.2 Å². The van der Waals surface area contributed by atoms with Crippen molar-refractivity contribution >= 4 is 17.1 Å². The van der Waals surface area contributed by atoms with Crippen LogP contribution < -0.4 is 0 Å². The number of carbonyl (C=O) groups is 1. The maximum Gasteiger partial charge on any atom is 0.410 e. The van der Waals surface area contributed by atoms with Gasteiger partial charge in [0.15, 0.2) is 5.79 Å². The molecule has 0 aliphatic carbocycles. The largest absolute Gasteiger partial charge is 0.445 e. The molecular formula is C28H36N4O5. The van der Waals surface area contributed by atoms with Gasteiger partial charge < -0.3 is 28.4 Å². The van der Waals surface area contributed by atoms with E-state index in [2.05, 4.69) is 11.5 Å². The first-order valence-corrected chi connectivity index (χ1v) is 12.9. The first kappa shape index (κ1) is 25.6. The Morgan fingerprint density at radius 1 is 1.11 bits per heavy atom. The standard InChI is InChI=1S/C28H36N4O5/c1-5-34-16-24-30-22-13-29-23-14-31(26(33)35-15-20-9-7-6-8-10-20)12-11-21(23)25(22)32(24)17-28(4)18-36-27(2,3)37-19-28/h6-10,13H,5,11-12,14-19H2,1-4H3. The Morgan fingerprint density at radius 2 is 1.86 bits per heavy atom. The van der Waals surface area contributed by atoms with E-state index in [1.807, 2.05) is 51.1 Å². The van der Waals surface area contributed by atoms with Gasteiger partial charge in [0.2, 0.25) is 0 Å². The Morgan fingerprint density at radius 3 is 2.59 bits per heavy atom. The predicted octanol–water partition coefficient (Wildman–Crippen LogP) is 4.45. The van der Waals surface area contributed by atoms with Gasteiger partial charge in [0.25, 0.3) is 0 Å². The van der Waals surface area contributed by atoms with Crippen LogP contribution in [0, 0.1) is 5.41 Å². The number of imidazole rings is 1. The summed E-state index contributed by atoms with van der Waals surface area (Å²) in [4.78, 5) is 24.1. The van der Waals surface area contributed by atoms with Crippen LogP contribution in [0.4, 0.5) is 4.79 Å². The van der Waals surface area contributed by atoms with E-state index in [9.17, 15) is 4.79 Å². The minimum atomic E-state index is -0.577. The molecule has 2 aliphatic heterocycles. The SMILES string of the molecule is CCOCc1nc2cnc3c(c2n1CC1(C)COC(C)(C)OC1)CCN(C(=O)OCc1ccccc1)C3. The lowest BCUT2D eigenvalue weighted by Gasteiger charge is -2.42. The number of hydrogen-bond donors (Lipinski definition) is 0. The van der Waals surface area contributed by atoms with Crippen LogP contribution in [0.25, 0.3) is 11.0 Å². The number of amides is 1. The van der Waals surface area contributed by atoms with E-state index in [-0.39, 0.29) is 18.1 Å². The second-order valence-corrected chi connectivity index (χ2v) is 10.7. The highest BCUT2D eigenvalue weighted by atomic mass is 16.7. The number of hydrogen-bond acceptors (Lipinski definition) is 7. The fourth-order valence-corrected chi connectivity index (χ4v) is 4.88. The Bertz CT molecular complexity index is 1250. The summed E-state index contributed by atoms with van der Waals surface area (Å²) < 4.78 is 25.6. The zero-order valence-electron chi connectivity index (χ0n) is 22.2. The Hall–Kier alpha value is -3.01. The summed E-state index contributed by atoms with van der Waals surface area (Å²) in [5.74, 6) is 0.287. The number of fused-ring (bicyclic) bond motifs is 3. The van der Waals surface area contributed by atoms with Crippen LogP contribution in [0.15, 0.2) is 36.5 Å². The van der Waals surface area contributed by atoms with Gasteiger partial charge in [0.1, 0.15) is 24.6 Å². The molecule has 9 heteroatoms. The molecule has 3 aromatic rings. The molecule has 0 spiro atoms. The third kappa shape index (κ3) is 5.63. The summed E-state index contributed by atoms with van der Waals surface area (Å²) in [5, 5.41) is 0. The molecule has 1 saturated heterocycles. The normalized spacial score (nSPS) is 18.5. The average molecular weight is 509 g/mol. The molecule has 0 radical (unpaired) electrons. The van der Waals surface area contributed by atoms with E-state index in [4.69, 9.17) is 28.9 Å². The summed E-state index contributed by atoms with van der Waals surface area (Å²) >= 11 is 0. The minimum Gasteiger partial charge on any atom is -0.445 e. The van der Waals surface area contributed by atoms with Crippen LogP contribution in [0.5, 0.6) is 0 Å². The molecule has 1 fully saturated rings. The fourth-order valence-electron chi connectivity index (χ4n) is 4.88. The summed E-state index contributed by atoms with van der Waals surface area (Å²) in [6.07, 6.45) is 2.16. The van der Waals surface area contributed by atoms with E-state index in [1.165, 1.54) is 0 Å². The molecule has 1 amide bonds. The van der Waals surface area contributed by atoms with E-state index in [0.717, 1.165) is 33.7 Å². The summed E-state index contributed by atoms with van der Waals surface area (Å²) in [6.45, 7) is 12.1. The number of carbonyl (C=O) groups excluding carboxylic acids is 1. The lowest BCUT2D eigenvalue weighted by Crippen LogP contribution is -2.47. The second kappa shape index (κ2) is 10.4. The molecule has 1 aromatic carbocycles. The maximum atomic E-state index is 12.8. The number of ether oxygens (including phenoxy) is 4. The number of benzene rings is 1. The highest BCUT2D eigenvalue weighted by Gasteiger charge is 2.38. The fraction of sp³-hybridized carbons (Fsp3) is 0.536. The summed E-state index contributed by atoms with van der Waals surface area (Å²) in [5.41, 5.74) is 4.65. The van der Waals surface area contributed by atoms with Crippen LogP contribution in [-0.4, -0.2) is 57.7 Å². The molecule has 9 nitrogen and oxygen atoms in total. The summed E-state index contributed by atoms with van der Waals surface area (Å²) in [7, 11) is 0. The number of rotatable bonds is 7.